The summed E-state index contributed by atoms with van der Waals surface area (Å²) in [6.45, 7) is 0. The van der Waals surface area contributed by atoms with E-state index in [2.05, 4.69) is 40.6 Å². The van der Waals surface area contributed by atoms with Gasteiger partial charge in [0, 0.05) is 28.4 Å². The van der Waals surface area contributed by atoms with Crippen LogP contribution in [0.4, 0.5) is 5.69 Å². The number of nitriles is 1. The van der Waals surface area contributed by atoms with E-state index in [9.17, 15) is 10.1 Å². The predicted molar refractivity (Wildman–Crippen MR) is 126 cm³/mol. The molecule has 0 spiro atoms. The van der Waals surface area contributed by atoms with Gasteiger partial charge < -0.3 is 11.1 Å². The van der Waals surface area contributed by atoms with E-state index in [0.29, 0.717) is 22.1 Å². The van der Waals surface area contributed by atoms with Crippen LogP contribution in [0.1, 0.15) is 59.0 Å². The molecule has 0 saturated heterocycles. The maximum atomic E-state index is 11.2. The quantitative estimate of drug-likeness (QED) is 0.476. The van der Waals surface area contributed by atoms with E-state index in [-0.39, 0.29) is 0 Å². The van der Waals surface area contributed by atoms with Crippen LogP contribution in [-0.4, -0.2) is 10.9 Å². The summed E-state index contributed by atoms with van der Waals surface area (Å²) < 4.78 is 0. The molecule has 0 unspecified atom stereocenters. The zero-order valence-electron chi connectivity index (χ0n) is 17.2. The van der Waals surface area contributed by atoms with Crippen LogP contribution in [0.2, 0.25) is 0 Å². The molecule has 0 radical (unpaired) electrons. The van der Waals surface area contributed by atoms with E-state index in [4.69, 9.17) is 5.73 Å². The molecule has 1 heterocycles. The fourth-order valence-electron chi connectivity index (χ4n) is 3.92. The van der Waals surface area contributed by atoms with Crippen LogP contribution < -0.4 is 11.1 Å². The van der Waals surface area contributed by atoms with Crippen molar-refractivity contribution in [2.45, 2.75) is 38.0 Å². The standard InChI is InChI=1S/C25H24N4OS/c26-14-21(15-28-22-12-10-20(11-13-22)24(27)30)25-29-23(16-31-25)19-8-6-18(7-9-19)17-4-2-1-3-5-17/h6-13,15-17,28H,1-5H2,(H2,27,30). The van der Waals surface area contributed by atoms with Crippen molar-refractivity contribution < 1.29 is 4.79 Å². The molecule has 1 amide bonds. The largest absolute Gasteiger partial charge is 0.366 e. The Labute approximate surface area is 186 Å². The zero-order chi connectivity index (χ0) is 21.6. The Morgan fingerprint density at radius 2 is 1.81 bits per heavy atom. The molecule has 5 nitrogen and oxygen atoms in total. The lowest BCUT2D eigenvalue weighted by Gasteiger charge is -2.22. The van der Waals surface area contributed by atoms with Crippen molar-refractivity contribution in [3.63, 3.8) is 0 Å². The molecule has 1 saturated carbocycles. The average Bonchev–Trinajstić information content (AvgIpc) is 3.30. The summed E-state index contributed by atoms with van der Waals surface area (Å²) >= 11 is 1.45. The smallest absolute Gasteiger partial charge is 0.248 e. The molecule has 4 rings (SSSR count). The number of thiazole rings is 1. The fraction of sp³-hybridized carbons (Fsp3) is 0.240. The number of nitrogens with one attached hydrogen (secondary N) is 1. The molecule has 3 aromatic rings. The van der Waals surface area contributed by atoms with Gasteiger partial charge in [0.25, 0.3) is 0 Å². The third kappa shape index (κ3) is 5.01. The molecule has 156 valence electrons. The van der Waals surface area contributed by atoms with Crippen molar-refractivity contribution in [1.29, 1.82) is 5.26 Å². The lowest BCUT2D eigenvalue weighted by molar-refractivity contribution is 0.100. The van der Waals surface area contributed by atoms with Crippen LogP contribution in [-0.2, 0) is 0 Å². The number of amides is 1. The van der Waals surface area contributed by atoms with Crippen LogP contribution in [0, 0.1) is 11.3 Å². The second-order valence-electron chi connectivity index (χ2n) is 7.75. The highest BCUT2D eigenvalue weighted by atomic mass is 32.1. The van der Waals surface area contributed by atoms with E-state index in [1.54, 1.807) is 30.5 Å². The van der Waals surface area contributed by atoms with Crippen molar-refractivity contribution in [3.8, 4) is 17.3 Å². The number of carbonyl (C=O) groups excluding carboxylic acids is 1. The molecule has 3 N–H and O–H groups in total. The highest BCUT2D eigenvalue weighted by molar-refractivity contribution is 7.11. The first kappa shape index (κ1) is 20.8. The molecule has 1 aliphatic carbocycles. The van der Waals surface area contributed by atoms with Gasteiger partial charge in [0.1, 0.15) is 16.6 Å². The van der Waals surface area contributed by atoms with Gasteiger partial charge in [0.15, 0.2) is 0 Å². The van der Waals surface area contributed by atoms with Crippen molar-refractivity contribution in [2.24, 2.45) is 5.73 Å². The maximum Gasteiger partial charge on any atom is 0.248 e. The van der Waals surface area contributed by atoms with Crippen molar-refractivity contribution in [2.75, 3.05) is 5.32 Å². The number of allylic oxidation sites excluding steroid dienone is 1. The van der Waals surface area contributed by atoms with Gasteiger partial charge in [-0.2, -0.15) is 5.26 Å². The Bertz CT molecular complexity index is 1120. The SMILES string of the molecule is N#CC(=CNc1ccc(C(N)=O)cc1)c1nc(-c2ccc(C3CCCCC3)cc2)cs1. The van der Waals surface area contributed by atoms with Gasteiger partial charge in [-0.15, -0.1) is 11.3 Å². The molecule has 31 heavy (non-hydrogen) atoms. The number of hydrogen-bond donors (Lipinski definition) is 2. The van der Waals surface area contributed by atoms with Gasteiger partial charge in [0.05, 0.1) is 5.69 Å². The average molecular weight is 429 g/mol. The lowest BCUT2D eigenvalue weighted by Crippen LogP contribution is -2.10. The van der Waals surface area contributed by atoms with E-state index < -0.39 is 5.91 Å². The molecule has 0 aliphatic heterocycles. The first-order chi connectivity index (χ1) is 15.1. The number of hydrogen-bond acceptors (Lipinski definition) is 5. The monoisotopic (exact) mass is 428 g/mol. The molecule has 0 atom stereocenters. The minimum Gasteiger partial charge on any atom is -0.366 e. The minimum atomic E-state index is -0.470. The Morgan fingerprint density at radius 3 is 2.45 bits per heavy atom. The van der Waals surface area contributed by atoms with Gasteiger partial charge in [-0.05, 0) is 48.6 Å². The molecule has 1 fully saturated rings. The highest BCUT2D eigenvalue weighted by Crippen LogP contribution is 2.34. The summed E-state index contributed by atoms with van der Waals surface area (Å²) in [5, 5.41) is 15.3. The van der Waals surface area contributed by atoms with Crippen molar-refractivity contribution in [1.82, 2.24) is 4.98 Å². The molecule has 6 heteroatoms. The van der Waals surface area contributed by atoms with E-state index >= 15 is 0 Å². The van der Waals surface area contributed by atoms with Crippen molar-refractivity contribution in [3.05, 3.63) is 76.2 Å². The number of aromatic nitrogens is 1. The normalized spacial score (nSPS) is 14.7. The lowest BCUT2D eigenvalue weighted by atomic mass is 9.84. The Balaban J connectivity index is 1.46. The number of anilines is 1. The van der Waals surface area contributed by atoms with Crippen LogP contribution in [0.3, 0.4) is 0 Å². The molecular formula is C25H24N4OS. The third-order valence-corrected chi connectivity index (χ3v) is 6.57. The first-order valence-corrected chi connectivity index (χ1v) is 11.3. The number of benzene rings is 2. The number of nitrogens with two attached hydrogens (primary N) is 1. The van der Waals surface area contributed by atoms with Crippen LogP contribution in [0.5, 0.6) is 0 Å². The Hall–Kier alpha value is -3.43. The summed E-state index contributed by atoms with van der Waals surface area (Å²) in [6.07, 6.45) is 8.22. The first-order valence-electron chi connectivity index (χ1n) is 10.5. The maximum absolute atomic E-state index is 11.2. The molecule has 2 aromatic carbocycles. The number of nitrogens with zero attached hydrogens (tertiary/aromatic N) is 2. The summed E-state index contributed by atoms with van der Waals surface area (Å²) in [4.78, 5) is 15.8. The summed E-state index contributed by atoms with van der Waals surface area (Å²) in [7, 11) is 0. The fourth-order valence-corrected chi connectivity index (χ4v) is 4.71. The van der Waals surface area contributed by atoms with Gasteiger partial charge >= 0.3 is 0 Å². The summed E-state index contributed by atoms with van der Waals surface area (Å²) in [5.74, 6) is 0.215. The minimum absolute atomic E-state index is 0.439. The van der Waals surface area contributed by atoms with Crippen LogP contribution in [0.15, 0.2) is 60.1 Å². The van der Waals surface area contributed by atoms with Gasteiger partial charge in [-0.1, -0.05) is 43.5 Å². The molecular weight excluding hydrogens is 404 g/mol. The summed E-state index contributed by atoms with van der Waals surface area (Å²) in [6, 6.07) is 17.7. The number of rotatable bonds is 6. The van der Waals surface area contributed by atoms with Crippen LogP contribution >= 0.6 is 11.3 Å². The van der Waals surface area contributed by atoms with Gasteiger partial charge in [0.2, 0.25) is 5.91 Å². The number of primary amides is 1. The second-order valence-corrected chi connectivity index (χ2v) is 8.61. The zero-order valence-corrected chi connectivity index (χ0v) is 18.0. The molecule has 1 aliphatic rings. The van der Waals surface area contributed by atoms with E-state index in [1.165, 1.54) is 49.0 Å². The summed E-state index contributed by atoms with van der Waals surface area (Å²) in [5.41, 5.74) is 10.3. The number of carbonyl (C=O) groups is 1. The molecule has 0 bridgehead atoms. The highest BCUT2D eigenvalue weighted by Gasteiger charge is 2.16. The predicted octanol–water partition coefficient (Wildman–Crippen LogP) is 5.93. The molecule has 1 aromatic heterocycles. The van der Waals surface area contributed by atoms with Crippen molar-refractivity contribution >= 4 is 28.5 Å². The van der Waals surface area contributed by atoms with Gasteiger partial charge in [-0.3, -0.25) is 4.79 Å². The topological polar surface area (TPSA) is 91.8 Å². The van der Waals surface area contributed by atoms with Crippen LogP contribution in [0.25, 0.3) is 16.8 Å². The third-order valence-electron chi connectivity index (χ3n) is 5.69. The van der Waals surface area contributed by atoms with E-state index in [1.807, 2.05) is 5.38 Å². The Morgan fingerprint density at radius 1 is 1.10 bits per heavy atom. The second kappa shape index (κ2) is 9.59. The Kier molecular flexibility index (Phi) is 6.44. The van der Waals surface area contributed by atoms with Gasteiger partial charge in [-0.25, -0.2) is 4.98 Å². The van der Waals surface area contributed by atoms with E-state index in [0.717, 1.165) is 16.9 Å².